The van der Waals surface area contributed by atoms with E-state index >= 15 is 0 Å². The predicted molar refractivity (Wildman–Crippen MR) is 113 cm³/mol. The number of likely N-dealkylation sites (tertiary alicyclic amines) is 1. The maximum absolute atomic E-state index is 13.1. The molecule has 2 aromatic carbocycles. The normalized spacial score (nSPS) is 19.4. The van der Waals surface area contributed by atoms with Crippen molar-refractivity contribution in [1.82, 2.24) is 15.5 Å². The zero-order valence-corrected chi connectivity index (χ0v) is 16.8. The molecule has 1 saturated heterocycles. The lowest BCUT2D eigenvalue weighted by molar-refractivity contribution is -0.135. The van der Waals surface area contributed by atoms with Gasteiger partial charge in [-0.2, -0.15) is 0 Å². The number of carbonyl (C=O) groups is 2. The summed E-state index contributed by atoms with van der Waals surface area (Å²) >= 11 is 0. The highest BCUT2D eigenvalue weighted by Gasteiger charge is 2.29. The lowest BCUT2D eigenvalue weighted by atomic mass is 9.92. The topological polar surface area (TPSA) is 61.4 Å². The number of nitrogens with zero attached hydrogens (tertiary/aromatic N) is 1. The van der Waals surface area contributed by atoms with Gasteiger partial charge in [0.1, 0.15) is 6.04 Å². The third-order valence-corrected chi connectivity index (χ3v) is 5.94. The quantitative estimate of drug-likeness (QED) is 0.796. The van der Waals surface area contributed by atoms with Gasteiger partial charge >= 0.3 is 0 Å². The van der Waals surface area contributed by atoms with Crippen LogP contribution in [0.5, 0.6) is 0 Å². The van der Waals surface area contributed by atoms with Crippen molar-refractivity contribution < 1.29 is 9.59 Å². The number of rotatable bonds is 6. The monoisotopic (exact) mass is 391 g/mol. The highest BCUT2D eigenvalue weighted by Crippen LogP contribution is 2.25. The van der Waals surface area contributed by atoms with Gasteiger partial charge in [0.05, 0.1) is 0 Å². The van der Waals surface area contributed by atoms with Gasteiger partial charge in [0, 0.05) is 32.0 Å². The van der Waals surface area contributed by atoms with E-state index in [1.165, 1.54) is 11.1 Å². The largest absolute Gasteiger partial charge is 0.344 e. The fourth-order valence-electron chi connectivity index (χ4n) is 4.42. The molecule has 5 nitrogen and oxygen atoms in total. The van der Waals surface area contributed by atoms with E-state index in [1.54, 1.807) is 0 Å². The van der Waals surface area contributed by atoms with Crippen LogP contribution in [0.4, 0.5) is 0 Å². The van der Waals surface area contributed by atoms with Gasteiger partial charge in [-0.25, -0.2) is 0 Å². The molecular formula is C24H29N3O2. The van der Waals surface area contributed by atoms with Crippen molar-refractivity contribution in [3.63, 3.8) is 0 Å². The van der Waals surface area contributed by atoms with Crippen molar-refractivity contribution in [3.05, 3.63) is 71.3 Å². The van der Waals surface area contributed by atoms with Crippen molar-refractivity contribution in [1.29, 1.82) is 0 Å². The number of benzene rings is 2. The molecule has 2 atom stereocenters. The molecule has 1 unspecified atom stereocenters. The van der Waals surface area contributed by atoms with E-state index in [0.717, 1.165) is 44.5 Å². The Balaban J connectivity index is 1.45. The molecule has 5 heteroatoms. The second-order valence-electron chi connectivity index (χ2n) is 8.00. The van der Waals surface area contributed by atoms with E-state index in [4.69, 9.17) is 0 Å². The van der Waals surface area contributed by atoms with E-state index in [-0.39, 0.29) is 17.9 Å². The van der Waals surface area contributed by atoms with Gasteiger partial charge in [0.2, 0.25) is 11.8 Å². The smallest absolute Gasteiger partial charge is 0.245 e. The minimum Gasteiger partial charge on any atom is -0.344 e. The van der Waals surface area contributed by atoms with Crippen LogP contribution >= 0.6 is 0 Å². The molecule has 152 valence electrons. The van der Waals surface area contributed by atoms with Gasteiger partial charge in [0.25, 0.3) is 0 Å². The molecule has 2 amide bonds. The molecule has 1 fully saturated rings. The number of amides is 2. The molecule has 4 rings (SSSR count). The van der Waals surface area contributed by atoms with Crippen molar-refractivity contribution in [2.75, 3.05) is 19.6 Å². The Morgan fingerprint density at radius 2 is 1.76 bits per heavy atom. The van der Waals surface area contributed by atoms with E-state index in [1.807, 2.05) is 47.4 Å². The van der Waals surface area contributed by atoms with Gasteiger partial charge < -0.3 is 15.5 Å². The molecule has 0 spiro atoms. The Morgan fingerprint density at radius 1 is 1.03 bits per heavy atom. The standard InChI is InChI=1S/C24H29N3O2/c28-23(17-21-20-11-5-4-10-19(20)12-13-25-21)26-22(16-18-8-2-1-3-9-18)24(29)27-14-6-7-15-27/h1-5,8-11,21-22,25H,6-7,12-17H2,(H,26,28)/t21?,22-/m1/s1. The summed E-state index contributed by atoms with van der Waals surface area (Å²) in [4.78, 5) is 27.9. The lowest BCUT2D eigenvalue weighted by Gasteiger charge is -2.28. The van der Waals surface area contributed by atoms with Crippen LogP contribution in [0.2, 0.25) is 0 Å². The Morgan fingerprint density at radius 3 is 2.55 bits per heavy atom. The maximum atomic E-state index is 13.1. The van der Waals surface area contributed by atoms with E-state index in [0.29, 0.717) is 12.8 Å². The molecule has 29 heavy (non-hydrogen) atoms. The molecule has 2 heterocycles. The molecule has 0 bridgehead atoms. The second kappa shape index (κ2) is 9.23. The minimum absolute atomic E-state index is 0.000728. The van der Waals surface area contributed by atoms with Crippen molar-refractivity contribution in [2.24, 2.45) is 0 Å². The summed E-state index contributed by atoms with van der Waals surface area (Å²) in [5.74, 6) is -0.0376. The first-order valence-corrected chi connectivity index (χ1v) is 10.6. The zero-order valence-electron chi connectivity index (χ0n) is 16.8. The first-order chi connectivity index (χ1) is 14.2. The summed E-state index contributed by atoms with van der Waals surface area (Å²) in [6.45, 7) is 2.45. The van der Waals surface area contributed by atoms with Crippen LogP contribution in [0.3, 0.4) is 0 Å². The van der Waals surface area contributed by atoms with Gasteiger partial charge in [-0.1, -0.05) is 54.6 Å². The van der Waals surface area contributed by atoms with Crippen LogP contribution in [0, 0.1) is 0 Å². The van der Waals surface area contributed by atoms with Crippen LogP contribution in [0.1, 0.15) is 42.0 Å². The van der Waals surface area contributed by atoms with Crippen LogP contribution in [-0.4, -0.2) is 42.4 Å². The van der Waals surface area contributed by atoms with Crippen molar-refractivity contribution >= 4 is 11.8 Å². The van der Waals surface area contributed by atoms with Gasteiger partial charge in [-0.15, -0.1) is 0 Å². The van der Waals surface area contributed by atoms with E-state index in [9.17, 15) is 9.59 Å². The Labute approximate surface area is 172 Å². The highest BCUT2D eigenvalue weighted by molar-refractivity contribution is 5.88. The molecule has 2 N–H and O–H groups in total. The Kier molecular flexibility index (Phi) is 6.25. The number of nitrogens with one attached hydrogen (secondary N) is 2. The zero-order chi connectivity index (χ0) is 20.1. The summed E-state index contributed by atoms with van der Waals surface area (Å²) in [7, 11) is 0. The van der Waals surface area contributed by atoms with Crippen molar-refractivity contribution in [2.45, 2.75) is 44.2 Å². The van der Waals surface area contributed by atoms with E-state index < -0.39 is 6.04 Å². The average Bonchev–Trinajstić information content (AvgIpc) is 3.29. The Hall–Kier alpha value is -2.66. The first kappa shape index (κ1) is 19.6. The summed E-state index contributed by atoms with van der Waals surface area (Å²) in [5.41, 5.74) is 3.56. The van der Waals surface area contributed by atoms with Gasteiger partial charge in [-0.3, -0.25) is 9.59 Å². The number of carbonyl (C=O) groups excluding carboxylic acids is 2. The number of fused-ring (bicyclic) bond motifs is 1. The van der Waals surface area contributed by atoms with Gasteiger partial charge in [0.15, 0.2) is 0 Å². The Bertz CT molecular complexity index is 846. The molecule has 0 radical (unpaired) electrons. The van der Waals surface area contributed by atoms with Crippen LogP contribution < -0.4 is 10.6 Å². The molecule has 2 aromatic rings. The molecule has 0 aliphatic carbocycles. The third-order valence-electron chi connectivity index (χ3n) is 5.94. The first-order valence-electron chi connectivity index (χ1n) is 10.6. The SMILES string of the molecule is O=C(CC1NCCc2ccccc21)N[C@H](Cc1ccccc1)C(=O)N1CCCC1. The predicted octanol–water partition coefficient (Wildman–Crippen LogP) is 2.61. The number of hydrogen-bond acceptors (Lipinski definition) is 3. The molecule has 0 aromatic heterocycles. The second-order valence-corrected chi connectivity index (χ2v) is 8.00. The lowest BCUT2D eigenvalue weighted by Crippen LogP contribution is -2.49. The summed E-state index contributed by atoms with van der Waals surface area (Å²) < 4.78 is 0. The summed E-state index contributed by atoms with van der Waals surface area (Å²) in [6, 6.07) is 17.7. The molecular weight excluding hydrogens is 362 g/mol. The van der Waals surface area contributed by atoms with Crippen LogP contribution in [0.15, 0.2) is 54.6 Å². The molecule has 0 saturated carbocycles. The number of hydrogen-bond donors (Lipinski definition) is 2. The summed E-state index contributed by atoms with van der Waals surface area (Å²) in [6.07, 6.45) is 3.94. The minimum atomic E-state index is -0.512. The maximum Gasteiger partial charge on any atom is 0.245 e. The van der Waals surface area contributed by atoms with Crippen molar-refractivity contribution in [3.8, 4) is 0 Å². The fourth-order valence-corrected chi connectivity index (χ4v) is 4.42. The van der Waals surface area contributed by atoms with Crippen LogP contribution in [0.25, 0.3) is 0 Å². The average molecular weight is 392 g/mol. The third kappa shape index (κ3) is 4.85. The molecule has 2 aliphatic rings. The van der Waals surface area contributed by atoms with Gasteiger partial charge in [-0.05, 0) is 42.5 Å². The molecule has 2 aliphatic heterocycles. The van der Waals surface area contributed by atoms with E-state index in [2.05, 4.69) is 22.8 Å². The summed E-state index contributed by atoms with van der Waals surface area (Å²) in [5, 5.41) is 6.51. The highest BCUT2D eigenvalue weighted by atomic mass is 16.2. The fraction of sp³-hybridized carbons (Fsp3) is 0.417. The van der Waals surface area contributed by atoms with Crippen LogP contribution in [-0.2, 0) is 22.4 Å².